The molecule has 1 heterocycles. The summed E-state index contributed by atoms with van der Waals surface area (Å²) < 4.78 is 3.82. The monoisotopic (exact) mass is 316 g/mol. The van der Waals surface area contributed by atoms with E-state index in [4.69, 9.17) is 0 Å². The van der Waals surface area contributed by atoms with E-state index in [9.17, 15) is 5.11 Å². The fourth-order valence-electron chi connectivity index (χ4n) is 2.80. The van der Waals surface area contributed by atoms with Gasteiger partial charge < -0.3 is 5.11 Å². The van der Waals surface area contributed by atoms with Crippen molar-refractivity contribution >= 4 is 18.7 Å². The first-order valence-corrected chi connectivity index (χ1v) is 8.36. The number of aryl methyl sites for hydroxylation is 1. The molecule has 0 aliphatic carbocycles. The second-order valence-electron chi connectivity index (χ2n) is 5.70. The minimum absolute atomic E-state index is 0.257. The van der Waals surface area contributed by atoms with Crippen LogP contribution in [0.25, 0.3) is 0 Å². The molecule has 0 saturated heterocycles. The fraction of sp³-hybridized carbons (Fsp3) is 0.389. The van der Waals surface area contributed by atoms with Gasteiger partial charge in [-0.25, -0.2) is 4.40 Å². The number of rotatable bonds is 7. The Labute approximate surface area is 137 Å². The third kappa shape index (κ3) is 5.04. The molecule has 3 nitrogen and oxygen atoms in total. The quantitative estimate of drug-likeness (QED) is 0.470. The summed E-state index contributed by atoms with van der Waals surface area (Å²) in [6.45, 7) is 14.0. The van der Waals surface area contributed by atoms with E-state index in [-0.39, 0.29) is 5.76 Å². The van der Waals surface area contributed by atoms with E-state index >= 15 is 0 Å². The lowest BCUT2D eigenvalue weighted by Gasteiger charge is -2.19. The zero-order chi connectivity index (χ0) is 15.9. The average Bonchev–Trinajstić information content (AvgIpc) is 2.68. The Morgan fingerprint density at radius 2 is 1.95 bits per heavy atom. The normalized spacial score (nSPS) is 14.9. The fourth-order valence-corrected chi connectivity index (χ4v) is 3.22. The number of aliphatic hydroxyl groups excluding tert-OH is 1. The topological polar surface area (TPSA) is 35.8 Å². The molecule has 0 bridgehead atoms. The first-order chi connectivity index (χ1) is 10.6. The van der Waals surface area contributed by atoms with Gasteiger partial charge in [0, 0.05) is 42.9 Å². The maximum absolute atomic E-state index is 9.24. The zero-order valence-corrected chi connectivity index (χ0v) is 13.9. The first-order valence-electron chi connectivity index (χ1n) is 7.59. The Bertz CT molecular complexity index is 568. The van der Waals surface area contributed by atoms with Crippen molar-refractivity contribution in [1.82, 2.24) is 4.90 Å². The molecule has 1 aliphatic heterocycles. The number of nitrogens with zero attached hydrogens (tertiary/aromatic N) is 2. The van der Waals surface area contributed by atoms with Crippen LogP contribution in [0, 0.1) is 0 Å². The lowest BCUT2D eigenvalue weighted by atomic mass is 9.98. The third-order valence-electron chi connectivity index (χ3n) is 3.96. The molecular weight excluding hydrogens is 292 g/mol. The van der Waals surface area contributed by atoms with E-state index in [0.717, 1.165) is 43.8 Å². The zero-order valence-electron chi connectivity index (χ0n) is 13.1. The van der Waals surface area contributed by atoms with Crippen molar-refractivity contribution in [3.05, 3.63) is 58.7 Å². The van der Waals surface area contributed by atoms with Crippen molar-refractivity contribution in [3.8, 4) is 0 Å². The number of hydrogen-bond acceptors (Lipinski definition) is 4. The van der Waals surface area contributed by atoms with Gasteiger partial charge in [0.25, 0.3) is 0 Å². The predicted molar refractivity (Wildman–Crippen MR) is 96.7 cm³/mol. The summed E-state index contributed by atoms with van der Waals surface area (Å²) in [6, 6.07) is 6.70. The molecule has 118 valence electrons. The lowest BCUT2D eigenvalue weighted by molar-refractivity contribution is 0.317. The molecule has 1 aliphatic rings. The van der Waals surface area contributed by atoms with Gasteiger partial charge in [0.15, 0.2) is 0 Å². The Morgan fingerprint density at radius 1 is 1.23 bits per heavy atom. The highest BCUT2D eigenvalue weighted by molar-refractivity contribution is 8.01. The van der Waals surface area contributed by atoms with Gasteiger partial charge in [0.05, 0.1) is 5.76 Å². The summed E-state index contributed by atoms with van der Waals surface area (Å²) in [7, 11) is 0. The van der Waals surface area contributed by atoms with Crippen LogP contribution in [0.2, 0.25) is 0 Å². The number of allylic oxidation sites excluding steroid dienone is 1. The van der Waals surface area contributed by atoms with Crippen LogP contribution >= 0.6 is 11.9 Å². The van der Waals surface area contributed by atoms with Crippen molar-refractivity contribution in [2.45, 2.75) is 25.7 Å². The standard InChI is InChI=1S/C18H24N2OS/c1-14(21)4-5-16-6-7-17-8-10-20(11-9-18(17)12-16)13-15(2)22-19-3/h6-7,12,21H,1-5,8-11,13H2. The largest absolute Gasteiger partial charge is 0.513 e. The van der Waals surface area contributed by atoms with E-state index in [1.165, 1.54) is 28.6 Å². The van der Waals surface area contributed by atoms with Gasteiger partial charge in [0.2, 0.25) is 0 Å². The molecule has 0 atom stereocenters. The first kappa shape index (κ1) is 16.8. The summed E-state index contributed by atoms with van der Waals surface area (Å²) in [4.78, 5) is 3.47. The van der Waals surface area contributed by atoms with Crippen LogP contribution in [-0.2, 0) is 19.3 Å². The van der Waals surface area contributed by atoms with Crippen molar-refractivity contribution < 1.29 is 5.11 Å². The lowest BCUT2D eigenvalue weighted by Crippen LogP contribution is -2.27. The molecule has 2 rings (SSSR count). The van der Waals surface area contributed by atoms with Crippen LogP contribution in [0.4, 0.5) is 0 Å². The summed E-state index contributed by atoms with van der Waals surface area (Å²) in [5.41, 5.74) is 4.15. The smallest absolute Gasteiger partial charge is 0.0854 e. The van der Waals surface area contributed by atoms with E-state index in [1.807, 2.05) is 0 Å². The van der Waals surface area contributed by atoms with E-state index in [0.29, 0.717) is 6.42 Å². The summed E-state index contributed by atoms with van der Waals surface area (Å²) in [5, 5.41) is 9.24. The van der Waals surface area contributed by atoms with Gasteiger partial charge in [-0.1, -0.05) is 31.4 Å². The van der Waals surface area contributed by atoms with E-state index in [1.54, 1.807) is 0 Å². The molecule has 0 saturated carbocycles. The second kappa shape index (κ2) is 8.20. The molecular formula is C18H24N2OS. The predicted octanol–water partition coefficient (Wildman–Crippen LogP) is 3.95. The number of fused-ring (bicyclic) bond motifs is 1. The van der Waals surface area contributed by atoms with Gasteiger partial charge in [-0.15, -0.1) is 0 Å². The van der Waals surface area contributed by atoms with Gasteiger partial charge in [-0.05, 0) is 42.7 Å². The number of aliphatic hydroxyl groups is 1. The molecule has 0 unspecified atom stereocenters. The van der Waals surface area contributed by atoms with Crippen LogP contribution in [0.5, 0.6) is 0 Å². The highest BCUT2D eigenvalue weighted by Gasteiger charge is 2.15. The van der Waals surface area contributed by atoms with Gasteiger partial charge >= 0.3 is 0 Å². The Kier molecular flexibility index (Phi) is 6.28. The van der Waals surface area contributed by atoms with Crippen molar-refractivity contribution in [1.29, 1.82) is 0 Å². The Morgan fingerprint density at radius 3 is 2.64 bits per heavy atom. The molecule has 0 amide bonds. The minimum Gasteiger partial charge on any atom is -0.513 e. The summed E-state index contributed by atoms with van der Waals surface area (Å²) in [5.74, 6) is 0.257. The van der Waals surface area contributed by atoms with E-state index in [2.05, 4.69) is 47.4 Å². The average molecular weight is 316 g/mol. The maximum Gasteiger partial charge on any atom is 0.0854 e. The maximum atomic E-state index is 9.24. The highest BCUT2D eigenvalue weighted by atomic mass is 32.2. The SMILES string of the molecule is C=NSC(=C)CN1CCc2ccc(CCC(=C)O)cc2CC1. The molecule has 1 N–H and O–H groups in total. The van der Waals surface area contributed by atoms with Gasteiger partial charge in [-0.3, -0.25) is 4.90 Å². The van der Waals surface area contributed by atoms with Crippen molar-refractivity contribution in [3.63, 3.8) is 0 Å². The Hall–Kier alpha value is -1.52. The molecule has 4 heteroatoms. The molecule has 0 aromatic heterocycles. The van der Waals surface area contributed by atoms with Gasteiger partial charge in [0.1, 0.15) is 0 Å². The Balaban J connectivity index is 1.97. The molecule has 0 fully saturated rings. The van der Waals surface area contributed by atoms with Crippen LogP contribution < -0.4 is 0 Å². The second-order valence-corrected chi connectivity index (χ2v) is 6.72. The molecule has 1 aromatic carbocycles. The van der Waals surface area contributed by atoms with E-state index < -0.39 is 0 Å². The summed E-state index contributed by atoms with van der Waals surface area (Å²) in [6.07, 6.45) is 3.62. The number of benzene rings is 1. The van der Waals surface area contributed by atoms with Crippen LogP contribution in [0.15, 0.2) is 46.4 Å². The third-order valence-corrected chi connectivity index (χ3v) is 4.48. The number of hydrogen-bond donors (Lipinski definition) is 1. The summed E-state index contributed by atoms with van der Waals surface area (Å²) >= 11 is 1.37. The minimum atomic E-state index is 0.257. The highest BCUT2D eigenvalue weighted by Crippen LogP contribution is 2.21. The molecule has 0 spiro atoms. The van der Waals surface area contributed by atoms with Crippen molar-refractivity contribution in [2.24, 2.45) is 4.40 Å². The molecule has 1 aromatic rings. The van der Waals surface area contributed by atoms with Gasteiger partial charge in [-0.2, -0.15) is 0 Å². The van der Waals surface area contributed by atoms with Crippen molar-refractivity contribution in [2.75, 3.05) is 19.6 Å². The van der Waals surface area contributed by atoms with Crippen LogP contribution in [0.1, 0.15) is 23.1 Å². The molecule has 0 radical (unpaired) electrons. The molecule has 22 heavy (non-hydrogen) atoms. The van der Waals surface area contributed by atoms with Crippen LogP contribution in [0.3, 0.4) is 0 Å². The van der Waals surface area contributed by atoms with Crippen LogP contribution in [-0.4, -0.2) is 36.4 Å².